The second kappa shape index (κ2) is 8.83. The Hall–Kier alpha value is -1.35. The summed E-state index contributed by atoms with van der Waals surface area (Å²) in [5.74, 6) is 0.193. The molecular weight excluding hydrogens is 260 g/mol. The fourth-order valence-electron chi connectivity index (χ4n) is 2.98. The molecule has 1 saturated carbocycles. The Balaban J connectivity index is 1.60. The van der Waals surface area contributed by atoms with Crippen LogP contribution in [-0.2, 0) is 11.3 Å². The summed E-state index contributed by atoms with van der Waals surface area (Å²) < 4.78 is 0. The minimum absolute atomic E-state index is 0.193. The second-order valence-corrected chi connectivity index (χ2v) is 6.17. The van der Waals surface area contributed by atoms with Gasteiger partial charge < -0.3 is 10.6 Å². The number of hydrogen-bond donors (Lipinski definition) is 2. The van der Waals surface area contributed by atoms with Crippen molar-refractivity contribution in [1.82, 2.24) is 10.6 Å². The maximum atomic E-state index is 11.9. The first-order chi connectivity index (χ1) is 10.2. The number of carbonyl (C=O) groups excluding carboxylic acids is 1. The minimum atomic E-state index is 0.193. The van der Waals surface area contributed by atoms with Gasteiger partial charge in [-0.3, -0.25) is 4.79 Å². The molecule has 2 N–H and O–H groups in total. The van der Waals surface area contributed by atoms with E-state index in [0.717, 1.165) is 25.9 Å². The third-order valence-electron chi connectivity index (χ3n) is 4.16. The topological polar surface area (TPSA) is 41.1 Å². The molecule has 1 aliphatic carbocycles. The Morgan fingerprint density at radius 2 is 1.95 bits per heavy atom. The number of aryl methyl sites for hydroxylation is 1. The normalized spacial score (nSPS) is 16.4. The van der Waals surface area contributed by atoms with Gasteiger partial charge in [0.05, 0.1) is 0 Å². The summed E-state index contributed by atoms with van der Waals surface area (Å²) in [7, 11) is 0. The molecule has 0 heterocycles. The Bertz CT molecular complexity index is 437. The summed E-state index contributed by atoms with van der Waals surface area (Å²) in [5, 5.41) is 6.54. The van der Waals surface area contributed by atoms with E-state index in [1.165, 1.54) is 36.8 Å². The lowest BCUT2D eigenvalue weighted by Gasteiger charge is -2.16. The Morgan fingerprint density at radius 1 is 1.19 bits per heavy atom. The minimum Gasteiger partial charge on any atom is -0.353 e. The first-order valence-corrected chi connectivity index (χ1v) is 8.29. The van der Waals surface area contributed by atoms with Gasteiger partial charge in [-0.1, -0.05) is 55.5 Å². The summed E-state index contributed by atoms with van der Waals surface area (Å²) in [4.78, 5) is 11.9. The molecule has 2 rings (SSSR count). The highest BCUT2D eigenvalue weighted by Crippen LogP contribution is 2.17. The molecule has 0 radical (unpaired) electrons. The number of benzene rings is 1. The highest BCUT2D eigenvalue weighted by molar-refractivity contribution is 5.76. The monoisotopic (exact) mass is 288 g/mol. The maximum absolute atomic E-state index is 11.9. The largest absolute Gasteiger partial charge is 0.353 e. The Morgan fingerprint density at radius 3 is 2.67 bits per heavy atom. The Labute approximate surface area is 128 Å². The van der Waals surface area contributed by atoms with Crippen molar-refractivity contribution in [2.45, 2.75) is 64.5 Å². The summed E-state index contributed by atoms with van der Waals surface area (Å²) in [6, 6.07) is 8.88. The highest BCUT2D eigenvalue weighted by Gasteiger charge is 2.14. The summed E-state index contributed by atoms with van der Waals surface area (Å²) >= 11 is 0. The molecule has 0 unspecified atom stereocenters. The average Bonchev–Trinajstić information content (AvgIpc) is 2.72. The van der Waals surface area contributed by atoms with Crippen LogP contribution in [0.2, 0.25) is 0 Å². The zero-order valence-electron chi connectivity index (χ0n) is 13.2. The first-order valence-electron chi connectivity index (χ1n) is 8.29. The van der Waals surface area contributed by atoms with Gasteiger partial charge in [-0.15, -0.1) is 0 Å². The van der Waals surface area contributed by atoms with Crippen LogP contribution in [0.1, 0.15) is 56.1 Å². The van der Waals surface area contributed by atoms with E-state index in [2.05, 4.69) is 41.8 Å². The molecule has 21 heavy (non-hydrogen) atoms. The molecule has 1 aliphatic rings. The summed E-state index contributed by atoms with van der Waals surface area (Å²) in [6.45, 7) is 3.68. The highest BCUT2D eigenvalue weighted by atomic mass is 16.1. The van der Waals surface area contributed by atoms with E-state index < -0.39 is 0 Å². The third-order valence-corrected chi connectivity index (χ3v) is 4.16. The van der Waals surface area contributed by atoms with Crippen molar-refractivity contribution in [2.75, 3.05) is 6.54 Å². The smallest absolute Gasteiger partial charge is 0.221 e. The van der Waals surface area contributed by atoms with Crippen LogP contribution in [0.5, 0.6) is 0 Å². The molecule has 1 aromatic carbocycles. The summed E-state index contributed by atoms with van der Waals surface area (Å²) in [5.41, 5.74) is 2.56. The lowest BCUT2D eigenvalue weighted by molar-refractivity contribution is -0.121. The predicted octanol–water partition coefficient (Wildman–Crippen LogP) is 3.31. The summed E-state index contributed by atoms with van der Waals surface area (Å²) in [6.07, 6.45) is 8.05. The van der Waals surface area contributed by atoms with Gasteiger partial charge in [0.1, 0.15) is 0 Å². The van der Waals surface area contributed by atoms with E-state index in [-0.39, 0.29) is 5.91 Å². The SMILES string of the molecule is Cc1cccc(CNCCC(=O)NC2CCCCCC2)c1. The number of carbonyl (C=O) groups is 1. The van der Waals surface area contributed by atoms with Gasteiger partial charge in [-0.25, -0.2) is 0 Å². The van der Waals surface area contributed by atoms with Crippen LogP contribution in [0.25, 0.3) is 0 Å². The van der Waals surface area contributed by atoms with Crippen LogP contribution in [0.3, 0.4) is 0 Å². The van der Waals surface area contributed by atoms with Gasteiger partial charge in [0, 0.05) is 25.6 Å². The molecule has 0 bridgehead atoms. The van der Waals surface area contributed by atoms with Gasteiger partial charge in [-0.2, -0.15) is 0 Å². The van der Waals surface area contributed by atoms with Crippen molar-refractivity contribution in [3.05, 3.63) is 35.4 Å². The fourth-order valence-corrected chi connectivity index (χ4v) is 2.98. The van der Waals surface area contributed by atoms with Crippen LogP contribution in [0.15, 0.2) is 24.3 Å². The van der Waals surface area contributed by atoms with Crippen molar-refractivity contribution in [3.8, 4) is 0 Å². The molecule has 1 amide bonds. The Kier molecular flexibility index (Phi) is 6.74. The molecule has 0 spiro atoms. The fraction of sp³-hybridized carbons (Fsp3) is 0.611. The molecule has 1 aromatic rings. The number of amides is 1. The van der Waals surface area contributed by atoms with Crippen molar-refractivity contribution in [1.29, 1.82) is 0 Å². The van der Waals surface area contributed by atoms with Crippen LogP contribution < -0.4 is 10.6 Å². The van der Waals surface area contributed by atoms with E-state index in [0.29, 0.717) is 12.5 Å². The average molecular weight is 288 g/mol. The van der Waals surface area contributed by atoms with Crippen molar-refractivity contribution >= 4 is 5.91 Å². The van der Waals surface area contributed by atoms with E-state index >= 15 is 0 Å². The molecule has 0 aromatic heterocycles. The van der Waals surface area contributed by atoms with Crippen molar-refractivity contribution in [2.24, 2.45) is 0 Å². The number of rotatable bonds is 6. The standard InChI is InChI=1S/C18H28N2O/c1-15-7-6-8-16(13-15)14-19-12-11-18(21)20-17-9-4-2-3-5-10-17/h6-8,13,17,19H,2-5,9-12,14H2,1H3,(H,20,21). The predicted molar refractivity (Wildman–Crippen MR) is 87.1 cm³/mol. The van der Waals surface area contributed by atoms with Gasteiger partial charge in [-0.05, 0) is 25.3 Å². The zero-order valence-corrected chi connectivity index (χ0v) is 13.2. The van der Waals surface area contributed by atoms with Gasteiger partial charge in [0.2, 0.25) is 5.91 Å². The maximum Gasteiger partial charge on any atom is 0.221 e. The van der Waals surface area contributed by atoms with Crippen LogP contribution in [0, 0.1) is 6.92 Å². The van der Waals surface area contributed by atoms with E-state index in [1.807, 2.05) is 0 Å². The third kappa shape index (κ3) is 6.30. The van der Waals surface area contributed by atoms with E-state index in [1.54, 1.807) is 0 Å². The zero-order chi connectivity index (χ0) is 14.9. The molecule has 116 valence electrons. The van der Waals surface area contributed by atoms with Gasteiger partial charge in [0.15, 0.2) is 0 Å². The quantitative estimate of drug-likeness (QED) is 0.623. The molecule has 0 atom stereocenters. The van der Waals surface area contributed by atoms with Crippen molar-refractivity contribution in [3.63, 3.8) is 0 Å². The lowest BCUT2D eigenvalue weighted by atomic mass is 10.1. The van der Waals surface area contributed by atoms with Crippen LogP contribution >= 0.6 is 0 Å². The lowest BCUT2D eigenvalue weighted by Crippen LogP contribution is -2.35. The molecule has 1 fully saturated rings. The van der Waals surface area contributed by atoms with Crippen LogP contribution in [-0.4, -0.2) is 18.5 Å². The van der Waals surface area contributed by atoms with Crippen LogP contribution in [0.4, 0.5) is 0 Å². The van der Waals surface area contributed by atoms with E-state index in [4.69, 9.17) is 0 Å². The van der Waals surface area contributed by atoms with Gasteiger partial charge in [0.25, 0.3) is 0 Å². The first kappa shape index (κ1) is 16.0. The number of nitrogens with one attached hydrogen (secondary N) is 2. The molecule has 3 nitrogen and oxygen atoms in total. The molecule has 3 heteroatoms. The van der Waals surface area contributed by atoms with Crippen molar-refractivity contribution < 1.29 is 4.79 Å². The van der Waals surface area contributed by atoms with Gasteiger partial charge >= 0.3 is 0 Å². The molecule has 0 aliphatic heterocycles. The van der Waals surface area contributed by atoms with E-state index in [9.17, 15) is 4.79 Å². The second-order valence-electron chi connectivity index (χ2n) is 6.17. The molecule has 0 saturated heterocycles. The molecular formula is C18H28N2O. The number of hydrogen-bond acceptors (Lipinski definition) is 2.